The maximum absolute atomic E-state index is 12.6. The minimum Gasteiger partial charge on any atom is -0.309 e. The smallest absolute Gasteiger partial charge is 0.167 e. The van der Waals surface area contributed by atoms with E-state index in [-0.39, 0.29) is 5.78 Å². The molecule has 0 spiro atoms. The standard InChI is InChI=1S/C18H18BrNOS/c1-20(2)8-3-4-15-16-11-13(19)5-6-14(16)17(21)10-12-7-9-22-18(12)15/h4-7,9,11H,3,8,10H2,1-2H3/b15-4-. The van der Waals surface area contributed by atoms with Crippen molar-refractivity contribution in [1.29, 1.82) is 0 Å². The lowest BCUT2D eigenvalue weighted by molar-refractivity contribution is 0.0993. The van der Waals surface area contributed by atoms with Crippen molar-refractivity contribution >= 4 is 38.6 Å². The SMILES string of the molecule is CN(C)CC/C=C1/c2cc(Br)ccc2C(=O)Cc2ccsc21. The van der Waals surface area contributed by atoms with E-state index >= 15 is 0 Å². The normalized spacial score (nSPS) is 15.8. The summed E-state index contributed by atoms with van der Waals surface area (Å²) in [6.45, 7) is 1.00. The van der Waals surface area contributed by atoms with Crippen LogP contribution in [0.4, 0.5) is 0 Å². The quantitative estimate of drug-likeness (QED) is 0.778. The molecule has 2 aromatic rings. The van der Waals surface area contributed by atoms with Gasteiger partial charge < -0.3 is 4.90 Å². The Labute approximate surface area is 143 Å². The molecule has 0 bridgehead atoms. The van der Waals surface area contributed by atoms with E-state index in [0.717, 1.165) is 34.1 Å². The van der Waals surface area contributed by atoms with Crippen LogP contribution in [0.1, 0.15) is 32.8 Å². The number of fused-ring (bicyclic) bond motifs is 2. The number of nitrogens with zero attached hydrogens (tertiary/aromatic N) is 1. The van der Waals surface area contributed by atoms with Gasteiger partial charge in [-0.05, 0) is 66.9 Å². The second-order valence-corrected chi connectivity index (χ2v) is 7.61. The van der Waals surface area contributed by atoms with Crippen molar-refractivity contribution in [2.24, 2.45) is 0 Å². The minimum atomic E-state index is 0.207. The van der Waals surface area contributed by atoms with Crippen LogP contribution in [-0.4, -0.2) is 31.3 Å². The van der Waals surface area contributed by atoms with E-state index in [4.69, 9.17) is 0 Å². The van der Waals surface area contributed by atoms with Crippen LogP contribution >= 0.6 is 27.3 Å². The lowest BCUT2D eigenvalue weighted by atomic mass is 9.97. The first-order chi connectivity index (χ1) is 10.6. The first-order valence-corrected chi connectivity index (χ1v) is 8.98. The van der Waals surface area contributed by atoms with E-state index in [9.17, 15) is 4.79 Å². The van der Waals surface area contributed by atoms with Gasteiger partial charge >= 0.3 is 0 Å². The lowest BCUT2D eigenvalue weighted by Crippen LogP contribution is -2.12. The van der Waals surface area contributed by atoms with Crippen molar-refractivity contribution in [2.75, 3.05) is 20.6 Å². The zero-order valence-electron chi connectivity index (χ0n) is 12.7. The van der Waals surface area contributed by atoms with Crippen LogP contribution < -0.4 is 0 Å². The molecular formula is C18H18BrNOS. The molecule has 0 amide bonds. The number of hydrogen-bond donors (Lipinski definition) is 0. The number of Topliss-reactive ketones (excluding diaryl/α,β-unsaturated/α-hetero) is 1. The Balaban J connectivity index is 2.13. The molecule has 22 heavy (non-hydrogen) atoms. The molecule has 1 aliphatic rings. The molecule has 1 aromatic carbocycles. The number of ketones is 1. The monoisotopic (exact) mass is 375 g/mol. The highest BCUT2D eigenvalue weighted by molar-refractivity contribution is 9.10. The largest absolute Gasteiger partial charge is 0.309 e. The second kappa shape index (κ2) is 6.49. The molecule has 0 aliphatic heterocycles. The van der Waals surface area contributed by atoms with E-state index in [1.165, 1.54) is 10.5 Å². The molecule has 0 saturated carbocycles. The third-order valence-corrected chi connectivity index (χ3v) is 5.32. The van der Waals surface area contributed by atoms with Gasteiger partial charge in [-0.2, -0.15) is 0 Å². The van der Waals surface area contributed by atoms with Crippen LogP contribution in [0.5, 0.6) is 0 Å². The first-order valence-electron chi connectivity index (χ1n) is 7.31. The fraction of sp³-hybridized carbons (Fsp3) is 0.278. The topological polar surface area (TPSA) is 20.3 Å². The van der Waals surface area contributed by atoms with Crippen molar-refractivity contribution in [3.63, 3.8) is 0 Å². The highest BCUT2D eigenvalue weighted by Gasteiger charge is 2.24. The number of rotatable bonds is 3. The molecule has 114 valence electrons. The number of thiophene rings is 1. The molecule has 2 nitrogen and oxygen atoms in total. The average Bonchev–Trinajstić information content (AvgIpc) is 2.87. The summed E-state index contributed by atoms with van der Waals surface area (Å²) in [7, 11) is 4.16. The molecule has 0 radical (unpaired) electrons. The third-order valence-electron chi connectivity index (χ3n) is 3.84. The van der Waals surface area contributed by atoms with Gasteiger partial charge in [0.25, 0.3) is 0 Å². The molecule has 4 heteroatoms. The highest BCUT2D eigenvalue weighted by Crippen LogP contribution is 2.38. The molecule has 3 rings (SSSR count). The van der Waals surface area contributed by atoms with Gasteiger partial charge in [0.1, 0.15) is 0 Å². The van der Waals surface area contributed by atoms with E-state index in [2.05, 4.69) is 58.5 Å². The van der Waals surface area contributed by atoms with E-state index < -0.39 is 0 Å². The fourth-order valence-electron chi connectivity index (χ4n) is 2.75. The van der Waals surface area contributed by atoms with Crippen molar-refractivity contribution < 1.29 is 4.79 Å². The summed E-state index contributed by atoms with van der Waals surface area (Å²) in [6.07, 6.45) is 3.75. The minimum absolute atomic E-state index is 0.207. The van der Waals surface area contributed by atoms with Crippen molar-refractivity contribution in [3.8, 4) is 0 Å². The maximum atomic E-state index is 12.6. The molecule has 0 N–H and O–H groups in total. The van der Waals surface area contributed by atoms with Crippen LogP contribution in [-0.2, 0) is 6.42 Å². The number of halogens is 1. The first kappa shape index (κ1) is 15.7. The number of benzene rings is 1. The molecule has 0 atom stereocenters. The molecule has 1 aliphatic carbocycles. The van der Waals surface area contributed by atoms with Gasteiger partial charge in [0.15, 0.2) is 5.78 Å². The average molecular weight is 376 g/mol. The number of carbonyl (C=O) groups excluding carboxylic acids is 1. The summed E-state index contributed by atoms with van der Waals surface area (Å²) in [6, 6.07) is 8.05. The predicted octanol–water partition coefficient (Wildman–Crippen LogP) is 4.63. The number of hydrogen-bond acceptors (Lipinski definition) is 3. The van der Waals surface area contributed by atoms with Gasteiger partial charge in [-0.3, -0.25) is 4.79 Å². The van der Waals surface area contributed by atoms with Gasteiger partial charge in [-0.1, -0.05) is 22.0 Å². The van der Waals surface area contributed by atoms with Crippen LogP contribution in [0.3, 0.4) is 0 Å². The van der Waals surface area contributed by atoms with Crippen LogP contribution in [0.15, 0.2) is 40.2 Å². The van der Waals surface area contributed by atoms with Gasteiger partial charge in [0, 0.05) is 27.9 Å². The second-order valence-electron chi connectivity index (χ2n) is 5.77. The predicted molar refractivity (Wildman–Crippen MR) is 96.7 cm³/mol. The summed E-state index contributed by atoms with van der Waals surface area (Å²) in [4.78, 5) is 16.0. The molecular weight excluding hydrogens is 358 g/mol. The van der Waals surface area contributed by atoms with Crippen molar-refractivity contribution in [1.82, 2.24) is 4.90 Å². The van der Waals surface area contributed by atoms with Crippen LogP contribution in [0.2, 0.25) is 0 Å². The molecule has 0 unspecified atom stereocenters. The van der Waals surface area contributed by atoms with Gasteiger partial charge in [-0.15, -0.1) is 11.3 Å². The Morgan fingerprint density at radius 3 is 2.86 bits per heavy atom. The summed E-state index contributed by atoms with van der Waals surface area (Å²) in [5.74, 6) is 0.207. The Morgan fingerprint density at radius 1 is 1.27 bits per heavy atom. The maximum Gasteiger partial charge on any atom is 0.167 e. The highest BCUT2D eigenvalue weighted by atomic mass is 79.9. The van der Waals surface area contributed by atoms with E-state index in [1.807, 2.05) is 12.1 Å². The van der Waals surface area contributed by atoms with Crippen molar-refractivity contribution in [3.05, 3.63) is 61.8 Å². The van der Waals surface area contributed by atoms with Gasteiger partial charge in [0.2, 0.25) is 0 Å². The van der Waals surface area contributed by atoms with Crippen molar-refractivity contribution in [2.45, 2.75) is 12.8 Å². The Morgan fingerprint density at radius 2 is 2.09 bits per heavy atom. The zero-order chi connectivity index (χ0) is 15.7. The summed E-state index contributed by atoms with van der Waals surface area (Å²) in [5.41, 5.74) is 4.24. The summed E-state index contributed by atoms with van der Waals surface area (Å²) >= 11 is 5.27. The Kier molecular flexibility index (Phi) is 4.62. The van der Waals surface area contributed by atoms with E-state index in [1.54, 1.807) is 11.3 Å². The number of carbonyl (C=O) groups is 1. The Hall–Kier alpha value is -1.23. The van der Waals surface area contributed by atoms with Gasteiger partial charge in [-0.25, -0.2) is 0 Å². The lowest BCUT2D eigenvalue weighted by Gasteiger charge is -2.11. The summed E-state index contributed by atoms with van der Waals surface area (Å²) < 4.78 is 1.01. The third kappa shape index (κ3) is 3.09. The zero-order valence-corrected chi connectivity index (χ0v) is 15.1. The van der Waals surface area contributed by atoms with Crippen LogP contribution in [0.25, 0.3) is 5.57 Å². The molecule has 0 fully saturated rings. The molecule has 1 heterocycles. The fourth-order valence-corrected chi connectivity index (χ4v) is 4.10. The van der Waals surface area contributed by atoms with E-state index in [0.29, 0.717) is 6.42 Å². The Bertz CT molecular complexity index is 745. The summed E-state index contributed by atoms with van der Waals surface area (Å²) in [5, 5.41) is 2.08. The molecule has 0 saturated heterocycles. The van der Waals surface area contributed by atoms with Crippen LogP contribution in [0, 0.1) is 0 Å². The molecule has 1 aromatic heterocycles. The van der Waals surface area contributed by atoms with Gasteiger partial charge in [0.05, 0.1) is 0 Å².